The van der Waals surface area contributed by atoms with Crippen LogP contribution in [0, 0.1) is 5.92 Å². The molecule has 2 heterocycles. The van der Waals surface area contributed by atoms with Gasteiger partial charge in [-0.05, 0) is 94.2 Å². The lowest BCUT2D eigenvalue weighted by atomic mass is 9.97. The smallest absolute Gasteiger partial charge is 0.303 e. The van der Waals surface area contributed by atoms with E-state index in [0.29, 0.717) is 24.0 Å². The second kappa shape index (κ2) is 10.8. The molecule has 0 spiro atoms. The number of hydrogen-bond donors (Lipinski definition) is 1. The van der Waals surface area contributed by atoms with Crippen LogP contribution in [0.5, 0.6) is 11.6 Å². The molecule has 1 aromatic carbocycles. The highest BCUT2D eigenvalue weighted by Crippen LogP contribution is 2.36. The van der Waals surface area contributed by atoms with Crippen LogP contribution in [0.25, 0.3) is 11.0 Å². The van der Waals surface area contributed by atoms with E-state index in [1.807, 2.05) is 18.2 Å². The Hall–Kier alpha value is -2.28. The number of fused-ring (bicyclic) bond motifs is 1. The maximum absolute atomic E-state index is 10.6. The lowest BCUT2D eigenvalue weighted by Gasteiger charge is -2.31. The van der Waals surface area contributed by atoms with E-state index >= 15 is 0 Å². The number of carboxylic acids is 1. The van der Waals surface area contributed by atoms with Crippen LogP contribution in [0.15, 0.2) is 22.7 Å². The summed E-state index contributed by atoms with van der Waals surface area (Å²) in [6.07, 6.45) is 10.3. The average molecular weight is 431 g/mol. The number of rotatable bonds is 11. The number of likely N-dealkylation sites (tertiary alicyclic amines) is 1. The van der Waals surface area contributed by atoms with Gasteiger partial charge in [0.1, 0.15) is 11.1 Å². The molecule has 2 aliphatic rings. The van der Waals surface area contributed by atoms with E-state index < -0.39 is 5.97 Å². The summed E-state index contributed by atoms with van der Waals surface area (Å²) in [7, 11) is 0. The summed E-state index contributed by atoms with van der Waals surface area (Å²) >= 11 is 0. The van der Waals surface area contributed by atoms with Crippen molar-refractivity contribution in [1.29, 1.82) is 0 Å². The highest BCUT2D eigenvalue weighted by Gasteiger charge is 2.23. The summed E-state index contributed by atoms with van der Waals surface area (Å²) in [5.74, 6) is 1.18. The minimum atomic E-state index is -0.696. The van der Waals surface area contributed by atoms with E-state index in [9.17, 15) is 4.79 Å². The molecule has 1 aliphatic carbocycles. The topological polar surface area (TPSA) is 85.0 Å². The fourth-order valence-corrected chi connectivity index (χ4v) is 4.68. The van der Waals surface area contributed by atoms with Gasteiger partial charge in [0.05, 0.1) is 12.7 Å². The number of carbonyl (C=O) groups is 1. The molecule has 2 aromatic rings. The van der Waals surface area contributed by atoms with Gasteiger partial charge in [0.2, 0.25) is 0 Å². The number of aliphatic carboxylic acids is 1. The predicted molar refractivity (Wildman–Crippen MR) is 118 cm³/mol. The molecule has 1 aromatic heterocycles. The summed E-state index contributed by atoms with van der Waals surface area (Å²) in [4.78, 5) is 13.1. The van der Waals surface area contributed by atoms with Crippen molar-refractivity contribution in [3.8, 4) is 11.6 Å². The minimum Gasteiger partial charge on any atom is -0.489 e. The van der Waals surface area contributed by atoms with Crippen LogP contribution in [0.2, 0.25) is 0 Å². The molecule has 1 saturated heterocycles. The number of carboxylic acid groups (broad SMARTS) is 1. The van der Waals surface area contributed by atoms with E-state index in [4.69, 9.17) is 19.1 Å². The number of aromatic nitrogens is 1. The molecule has 0 radical (unpaired) electrons. The second-order valence-corrected chi connectivity index (χ2v) is 8.94. The Balaban J connectivity index is 1.23. The highest BCUT2D eigenvalue weighted by atomic mass is 16.5. The van der Waals surface area contributed by atoms with Gasteiger partial charge in [0.15, 0.2) is 5.58 Å². The predicted octanol–water partition coefficient (Wildman–Crippen LogP) is 4.89. The molecule has 1 saturated carbocycles. The van der Waals surface area contributed by atoms with E-state index in [1.165, 1.54) is 12.8 Å². The third-order valence-corrected chi connectivity index (χ3v) is 6.55. The van der Waals surface area contributed by atoms with Gasteiger partial charge in [-0.1, -0.05) is 12.5 Å². The summed E-state index contributed by atoms with van der Waals surface area (Å²) in [5.41, 5.74) is 0.711. The largest absolute Gasteiger partial charge is 0.489 e. The van der Waals surface area contributed by atoms with Crippen LogP contribution in [0.4, 0.5) is 0 Å². The van der Waals surface area contributed by atoms with E-state index in [1.54, 1.807) is 0 Å². The van der Waals surface area contributed by atoms with Crippen LogP contribution < -0.4 is 9.47 Å². The third kappa shape index (κ3) is 6.12. The molecule has 0 bridgehead atoms. The summed E-state index contributed by atoms with van der Waals surface area (Å²) in [6, 6.07) is 5.84. The quantitative estimate of drug-likeness (QED) is 0.508. The molecule has 2 fully saturated rings. The molecule has 4 rings (SSSR count). The Morgan fingerprint density at radius 1 is 1.13 bits per heavy atom. The normalized spacial score (nSPS) is 18.6. The Morgan fingerprint density at radius 3 is 2.71 bits per heavy atom. The van der Waals surface area contributed by atoms with Crippen molar-refractivity contribution in [3.05, 3.63) is 18.2 Å². The summed E-state index contributed by atoms with van der Waals surface area (Å²) < 4.78 is 17.8. The first-order valence-corrected chi connectivity index (χ1v) is 11.8. The van der Waals surface area contributed by atoms with Crippen molar-refractivity contribution in [3.63, 3.8) is 0 Å². The van der Waals surface area contributed by atoms with Gasteiger partial charge < -0.3 is 24.0 Å². The molecule has 1 N–H and O–H groups in total. The zero-order valence-electron chi connectivity index (χ0n) is 18.3. The maximum Gasteiger partial charge on any atom is 0.303 e. The van der Waals surface area contributed by atoms with Crippen molar-refractivity contribution in [2.24, 2.45) is 5.92 Å². The first-order valence-electron chi connectivity index (χ1n) is 11.8. The lowest BCUT2D eigenvalue weighted by Crippen LogP contribution is -2.36. The first kappa shape index (κ1) is 21.9. The number of nitrogens with zero attached hydrogens (tertiary/aromatic N) is 2. The molecule has 31 heavy (non-hydrogen) atoms. The third-order valence-electron chi connectivity index (χ3n) is 6.55. The maximum atomic E-state index is 10.6. The molecular weight excluding hydrogens is 396 g/mol. The molecule has 170 valence electrons. The Kier molecular flexibility index (Phi) is 7.67. The first-order chi connectivity index (χ1) is 15.2. The van der Waals surface area contributed by atoms with Gasteiger partial charge in [-0.2, -0.15) is 0 Å². The second-order valence-electron chi connectivity index (χ2n) is 8.94. The van der Waals surface area contributed by atoms with Gasteiger partial charge in [0.25, 0.3) is 5.88 Å². The summed E-state index contributed by atoms with van der Waals surface area (Å²) in [5, 5.41) is 13.7. The number of ether oxygens (including phenoxy) is 2. The molecule has 0 amide bonds. The molecule has 0 atom stereocenters. The zero-order valence-corrected chi connectivity index (χ0v) is 18.3. The van der Waals surface area contributed by atoms with Crippen LogP contribution in [0.3, 0.4) is 0 Å². The van der Waals surface area contributed by atoms with Gasteiger partial charge in [-0.3, -0.25) is 4.79 Å². The fraction of sp³-hybridized carbons (Fsp3) is 0.667. The standard InChI is InChI=1S/C24H34N2O5/c27-22(28)11-2-1-5-14-26-15-12-18(13-16-26)17-29-24-23-20(30-19-7-3-4-8-19)9-6-10-21(23)31-25-24/h6,9-10,18-19H,1-5,7-8,11-17H2,(H,27,28). The monoisotopic (exact) mass is 430 g/mol. The van der Waals surface area contributed by atoms with E-state index in [2.05, 4.69) is 10.1 Å². The number of benzene rings is 1. The lowest BCUT2D eigenvalue weighted by molar-refractivity contribution is -0.137. The van der Waals surface area contributed by atoms with Gasteiger partial charge in [0, 0.05) is 6.42 Å². The van der Waals surface area contributed by atoms with Gasteiger partial charge in [-0.15, -0.1) is 0 Å². The Bertz CT molecular complexity index is 838. The zero-order chi connectivity index (χ0) is 21.5. The van der Waals surface area contributed by atoms with Crippen LogP contribution >= 0.6 is 0 Å². The van der Waals surface area contributed by atoms with Crippen molar-refractivity contribution >= 4 is 16.9 Å². The molecule has 1 aliphatic heterocycles. The van der Waals surface area contributed by atoms with Crippen LogP contribution in [-0.2, 0) is 4.79 Å². The fourth-order valence-electron chi connectivity index (χ4n) is 4.68. The minimum absolute atomic E-state index is 0.279. The molecule has 7 heteroatoms. The number of hydrogen-bond acceptors (Lipinski definition) is 6. The highest BCUT2D eigenvalue weighted by molar-refractivity contribution is 5.88. The van der Waals surface area contributed by atoms with Gasteiger partial charge in [-0.25, -0.2) is 0 Å². The number of unbranched alkanes of at least 4 members (excludes halogenated alkanes) is 2. The van der Waals surface area contributed by atoms with Crippen LogP contribution in [0.1, 0.15) is 64.2 Å². The van der Waals surface area contributed by atoms with Gasteiger partial charge >= 0.3 is 5.97 Å². The van der Waals surface area contributed by atoms with E-state index in [-0.39, 0.29) is 12.5 Å². The molecule has 0 unspecified atom stereocenters. The van der Waals surface area contributed by atoms with Crippen molar-refractivity contribution in [2.45, 2.75) is 70.3 Å². The average Bonchev–Trinajstić information content (AvgIpc) is 3.43. The molecule has 7 nitrogen and oxygen atoms in total. The van der Waals surface area contributed by atoms with Crippen molar-refractivity contribution in [2.75, 3.05) is 26.2 Å². The van der Waals surface area contributed by atoms with E-state index in [0.717, 1.165) is 75.7 Å². The Labute approximate surface area is 183 Å². The van der Waals surface area contributed by atoms with Crippen molar-refractivity contribution in [1.82, 2.24) is 10.1 Å². The Morgan fingerprint density at radius 2 is 1.94 bits per heavy atom. The number of piperidine rings is 1. The van der Waals surface area contributed by atoms with Crippen LogP contribution in [-0.4, -0.2) is 53.5 Å². The summed E-state index contributed by atoms with van der Waals surface area (Å²) in [6.45, 7) is 3.85. The SMILES string of the molecule is O=C(O)CCCCCN1CCC(COc2noc3cccc(OC4CCCC4)c23)CC1. The van der Waals surface area contributed by atoms with Crippen molar-refractivity contribution < 1.29 is 23.9 Å². The molecular formula is C24H34N2O5.